The average Bonchev–Trinajstić information content (AvgIpc) is 2.40. The highest BCUT2D eigenvalue weighted by Gasteiger charge is 2.15. The standard InChI is InChI=1S/C14H14FN3O2/c1-8-7-12(13(9(2)17-8)14(16)18-19)20-11-5-3-10(15)4-6-11/h3-7,19H,1-2H3,(H2,16,18). The third-order valence-electron chi connectivity index (χ3n) is 2.70. The molecule has 104 valence electrons. The highest BCUT2D eigenvalue weighted by atomic mass is 19.1. The molecular weight excluding hydrogens is 261 g/mol. The lowest BCUT2D eigenvalue weighted by Gasteiger charge is -2.13. The predicted molar refractivity (Wildman–Crippen MR) is 72.7 cm³/mol. The number of amidine groups is 1. The number of pyridine rings is 1. The molecule has 0 saturated carbocycles. The van der Waals surface area contributed by atoms with Crippen LogP contribution in [0.25, 0.3) is 0 Å². The van der Waals surface area contributed by atoms with Gasteiger partial charge in [-0.3, -0.25) is 4.98 Å². The highest BCUT2D eigenvalue weighted by molar-refractivity contribution is 6.00. The van der Waals surface area contributed by atoms with Crippen LogP contribution >= 0.6 is 0 Å². The quantitative estimate of drug-likeness (QED) is 0.390. The maximum absolute atomic E-state index is 12.9. The lowest BCUT2D eigenvalue weighted by molar-refractivity contribution is 0.318. The second-order valence-electron chi connectivity index (χ2n) is 4.26. The van der Waals surface area contributed by atoms with Crippen LogP contribution in [0.2, 0.25) is 0 Å². The van der Waals surface area contributed by atoms with Gasteiger partial charge in [0.25, 0.3) is 0 Å². The topological polar surface area (TPSA) is 80.7 Å². The van der Waals surface area contributed by atoms with Crippen molar-refractivity contribution in [3.05, 3.63) is 53.1 Å². The lowest BCUT2D eigenvalue weighted by Crippen LogP contribution is -2.17. The van der Waals surface area contributed by atoms with Crippen molar-refractivity contribution in [2.24, 2.45) is 10.9 Å². The Labute approximate surface area is 115 Å². The molecule has 2 rings (SSSR count). The minimum Gasteiger partial charge on any atom is -0.456 e. The van der Waals surface area contributed by atoms with E-state index in [1.165, 1.54) is 24.3 Å². The molecule has 1 heterocycles. The summed E-state index contributed by atoms with van der Waals surface area (Å²) in [6.07, 6.45) is 0. The maximum atomic E-state index is 12.9. The summed E-state index contributed by atoms with van der Waals surface area (Å²) >= 11 is 0. The van der Waals surface area contributed by atoms with Crippen molar-refractivity contribution in [1.29, 1.82) is 0 Å². The van der Waals surface area contributed by atoms with Crippen molar-refractivity contribution in [3.63, 3.8) is 0 Å². The molecule has 1 aromatic carbocycles. The summed E-state index contributed by atoms with van der Waals surface area (Å²) in [7, 11) is 0. The number of hydrogen-bond donors (Lipinski definition) is 2. The average molecular weight is 275 g/mol. The Hall–Kier alpha value is -2.63. The van der Waals surface area contributed by atoms with E-state index < -0.39 is 0 Å². The molecule has 0 aliphatic carbocycles. The molecule has 20 heavy (non-hydrogen) atoms. The van der Waals surface area contributed by atoms with Gasteiger partial charge in [-0.25, -0.2) is 4.39 Å². The van der Waals surface area contributed by atoms with Crippen LogP contribution in [0.1, 0.15) is 17.0 Å². The van der Waals surface area contributed by atoms with Crippen LogP contribution in [-0.4, -0.2) is 16.0 Å². The molecule has 0 fully saturated rings. The van der Waals surface area contributed by atoms with Crippen molar-refractivity contribution in [3.8, 4) is 11.5 Å². The number of hydrogen-bond acceptors (Lipinski definition) is 4. The molecule has 0 radical (unpaired) electrons. The molecular formula is C14H14FN3O2. The first kappa shape index (κ1) is 13.8. The fraction of sp³-hybridized carbons (Fsp3) is 0.143. The summed E-state index contributed by atoms with van der Waals surface area (Å²) in [4.78, 5) is 4.25. The molecule has 0 aliphatic heterocycles. The Morgan fingerprint density at radius 1 is 1.30 bits per heavy atom. The van der Waals surface area contributed by atoms with Gasteiger partial charge in [-0.05, 0) is 38.1 Å². The SMILES string of the molecule is Cc1cc(Oc2ccc(F)cc2)c(/C(N)=N/O)c(C)n1. The largest absolute Gasteiger partial charge is 0.456 e. The molecule has 2 aromatic rings. The van der Waals surface area contributed by atoms with E-state index in [1.807, 2.05) is 0 Å². The van der Waals surface area contributed by atoms with Crippen molar-refractivity contribution < 1.29 is 14.3 Å². The Balaban J connectivity index is 2.47. The second-order valence-corrected chi connectivity index (χ2v) is 4.26. The molecule has 0 saturated heterocycles. The Morgan fingerprint density at radius 3 is 2.55 bits per heavy atom. The molecule has 3 N–H and O–H groups in total. The summed E-state index contributed by atoms with van der Waals surface area (Å²) in [5.74, 6) is 0.406. The molecule has 6 heteroatoms. The fourth-order valence-electron chi connectivity index (χ4n) is 1.86. The minimum absolute atomic E-state index is 0.0906. The predicted octanol–water partition coefficient (Wildman–Crippen LogP) is 2.72. The Bertz CT molecular complexity index is 654. The fourth-order valence-corrected chi connectivity index (χ4v) is 1.86. The third kappa shape index (κ3) is 2.85. The zero-order chi connectivity index (χ0) is 14.7. The zero-order valence-electron chi connectivity index (χ0n) is 11.1. The Morgan fingerprint density at radius 2 is 1.95 bits per heavy atom. The van der Waals surface area contributed by atoms with Crippen LogP contribution < -0.4 is 10.5 Å². The number of nitrogens with zero attached hydrogens (tertiary/aromatic N) is 2. The molecule has 0 unspecified atom stereocenters. The summed E-state index contributed by atoms with van der Waals surface area (Å²) in [5.41, 5.74) is 7.36. The van der Waals surface area contributed by atoms with E-state index in [2.05, 4.69) is 10.1 Å². The summed E-state index contributed by atoms with van der Waals surface area (Å²) < 4.78 is 18.5. The van der Waals surface area contributed by atoms with E-state index in [0.717, 1.165) is 5.69 Å². The first-order valence-corrected chi connectivity index (χ1v) is 5.91. The first-order valence-electron chi connectivity index (χ1n) is 5.91. The molecule has 0 amide bonds. The number of halogens is 1. The van der Waals surface area contributed by atoms with Gasteiger partial charge < -0.3 is 15.7 Å². The number of oxime groups is 1. The molecule has 0 spiro atoms. The molecule has 1 aromatic heterocycles. The number of benzene rings is 1. The van der Waals surface area contributed by atoms with Crippen molar-refractivity contribution >= 4 is 5.84 Å². The molecule has 0 aliphatic rings. The minimum atomic E-state index is -0.351. The van der Waals surface area contributed by atoms with Gasteiger partial charge in [-0.2, -0.15) is 0 Å². The summed E-state index contributed by atoms with van der Waals surface area (Å²) in [6, 6.07) is 7.25. The van der Waals surface area contributed by atoms with Gasteiger partial charge in [0.15, 0.2) is 5.84 Å². The summed E-state index contributed by atoms with van der Waals surface area (Å²) in [6.45, 7) is 3.54. The van der Waals surface area contributed by atoms with E-state index in [4.69, 9.17) is 15.7 Å². The normalized spacial score (nSPS) is 11.4. The van der Waals surface area contributed by atoms with Gasteiger partial charge in [0.05, 0.1) is 11.3 Å². The van der Waals surface area contributed by atoms with E-state index in [0.29, 0.717) is 22.8 Å². The van der Waals surface area contributed by atoms with Crippen LogP contribution in [-0.2, 0) is 0 Å². The van der Waals surface area contributed by atoms with Crippen LogP contribution in [0.4, 0.5) is 4.39 Å². The molecule has 5 nitrogen and oxygen atoms in total. The first-order chi connectivity index (χ1) is 9.51. The van der Waals surface area contributed by atoms with Gasteiger partial charge in [0.1, 0.15) is 17.3 Å². The number of aryl methyl sites for hydroxylation is 2. The van der Waals surface area contributed by atoms with Crippen molar-refractivity contribution in [1.82, 2.24) is 4.98 Å². The second kappa shape index (κ2) is 5.56. The number of rotatable bonds is 3. The Kier molecular flexibility index (Phi) is 3.84. The van der Waals surface area contributed by atoms with E-state index in [9.17, 15) is 4.39 Å². The van der Waals surface area contributed by atoms with Gasteiger partial charge in [0, 0.05) is 11.8 Å². The molecule has 0 atom stereocenters. The third-order valence-corrected chi connectivity index (χ3v) is 2.70. The van der Waals surface area contributed by atoms with Gasteiger partial charge in [0.2, 0.25) is 0 Å². The number of aromatic nitrogens is 1. The number of ether oxygens (including phenoxy) is 1. The summed E-state index contributed by atoms with van der Waals surface area (Å²) in [5, 5.41) is 11.8. The lowest BCUT2D eigenvalue weighted by atomic mass is 10.1. The van der Waals surface area contributed by atoms with Gasteiger partial charge in [-0.15, -0.1) is 0 Å². The van der Waals surface area contributed by atoms with Crippen LogP contribution in [0, 0.1) is 19.7 Å². The maximum Gasteiger partial charge on any atom is 0.175 e. The van der Waals surface area contributed by atoms with Gasteiger partial charge >= 0.3 is 0 Å². The van der Waals surface area contributed by atoms with Crippen LogP contribution in [0.3, 0.4) is 0 Å². The van der Waals surface area contributed by atoms with Crippen LogP contribution in [0.5, 0.6) is 11.5 Å². The van der Waals surface area contributed by atoms with E-state index in [-0.39, 0.29) is 11.7 Å². The van der Waals surface area contributed by atoms with E-state index >= 15 is 0 Å². The highest BCUT2D eigenvalue weighted by Crippen LogP contribution is 2.27. The van der Waals surface area contributed by atoms with Crippen molar-refractivity contribution in [2.75, 3.05) is 0 Å². The van der Waals surface area contributed by atoms with Crippen molar-refractivity contribution in [2.45, 2.75) is 13.8 Å². The monoisotopic (exact) mass is 275 g/mol. The zero-order valence-corrected chi connectivity index (χ0v) is 11.1. The van der Waals surface area contributed by atoms with E-state index in [1.54, 1.807) is 19.9 Å². The molecule has 0 bridgehead atoms. The van der Waals surface area contributed by atoms with Crippen LogP contribution in [0.15, 0.2) is 35.5 Å². The van der Waals surface area contributed by atoms with Gasteiger partial charge in [-0.1, -0.05) is 5.16 Å². The smallest absolute Gasteiger partial charge is 0.175 e. The number of nitrogens with two attached hydrogens (primary N) is 1.